The van der Waals surface area contributed by atoms with E-state index in [9.17, 15) is 9.59 Å². The molecule has 0 aliphatic carbocycles. The predicted octanol–water partition coefficient (Wildman–Crippen LogP) is 4.01. The SMILES string of the molecule is CSc1ccc(C(=O)Nc2ccc(C(=O)O)cc2Cl)cc1. The van der Waals surface area contributed by atoms with Gasteiger partial charge in [-0.05, 0) is 48.7 Å². The molecular formula is C15H12ClNO3S. The van der Waals surface area contributed by atoms with Crippen molar-refractivity contribution in [1.29, 1.82) is 0 Å². The Hall–Kier alpha value is -1.98. The van der Waals surface area contributed by atoms with Gasteiger partial charge in [-0.3, -0.25) is 4.79 Å². The number of aromatic carboxylic acids is 1. The van der Waals surface area contributed by atoms with Crippen LogP contribution in [0.3, 0.4) is 0 Å². The topological polar surface area (TPSA) is 66.4 Å². The Morgan fingerprint density at radius 1 is 1.10 bits per heavy atom. The van der Waals surface area contributed by atoms with Crippen LogP contribution in [0.2, 0.25) is 5.02 Å². The minimum absolute atomic E-state index is 0.0716. The first-order valence-corrected chi connectivity index (χ1v) is 7.60. The second kappa shape index (κ2) is 6.65. The molecule has 0 fully saturated rings. The molecule has 0 aliphatic heterocycles. The normalized spacial score (nSPS) is 10.2. The first-order chi connectivity index (χ1) is 10.0. The first-order valence-electron chi connectivity index (χ1n) is 5.99. The number of hydrogen-bond acceptors (Lipinski definition) is 3. The zero-order chi connectivity index (χ0) is 15.4. The summed E-state index contributed by atoms with van der Waals surface area (Å²) < 4.78 is 0. The number of thioether (sulfide) groups is 1. The van der Waals surface area contributed by atoms with E-state index in [0.29, 0.717) is 11.3 Å². The molecule has 2 rings (SSSR count). The van der Waals surface area contributed by atoms with Gasteiger partial charge < -0.3 is 10.4 Å². The van der Waals surface area contributed by atoms with E-state index in [4.69, 9.17) is 16.7 Å². The molecule has 2 aromatic rings. The standard InChI is InChI=1S/C15H12ClNO3S/c1-21-11-5-2-9(3-6-11)14(18)17-13-7-4-10(15(19)20)8-12(13)16/h2-8H,1H3,(H,17,18)(H,19,20). The molecule has 0 saturated heterocycles. The average molecular weight is 322 g/mol. The molecule has 2 aromatic carbocycles. The lowest BCUT2D eigenvalue weighted by Crippen LogP contribution is -2.12. The van der Waals surface area contributed by atoms with Crippen molar-refractivity contribution in [3.05, 3.63) is 58.6 Å². The third-order valence-electron chi connectivity index (χ3n) is 2.82. The van der Waals surface area contributed by atoms with Crippen molar-refractivity contribution in [2.45, 2.75) is 4.90 Å². The fraction of sp³-hybridized carbons (Fsp3) is 0.0667. The molecule has 0 spiro atoms. The number of carbonyl (C=O) groups is 2. The predicted molar refractivity (Wildman–Crippen MR) is 84.6 cm³/mol. The van der Waals surface area contributed by atoms with E-state index in [1.54, 1.807) is 23.9 Å². The summed E-state index contributed by atoms with van der Waals surface area (Å²) in [6.45, 7) is 0. The Bertz CT molecular complexity index is 686. The summed E-state index contributed by atoms with van der Waals surface area (Å²) in [5, 5.41) is 11.7. The number of carboxylic acids is 1. The van der Waals surface area contributed by atoms with Crippen LogP contribution in [0.15, 0.2) is 47.4 Å². The Kier molecular flexibility index (Phi) is 4.88. The van der Waals surface area contributed by atoms with Crippen molar-refractivity contribution in [2.24, 2.45) is 0 Å². The maximum absolute atomic E-state index is 12.1. The summed E-state index contributed by atoms with van der Waals surface area (Å²) in [5.74, 6) is -1.37. The van der Waals surface area contributed by atoms with E-state index in [0.717, 1.165) is 4.90 Å². The fourth-order valence-corrected chi connectivity index (χ4v) is 2.32. The van der Waals surface area contributed by atoms with E-state index < -0.39 is 5.97 Å². The van der Waals surface area contributed by atoms with Gasteiger partial charge in [-0.15, -0.1) is 11.8 Å². The maximum Gasteiger partial charge on any atom is 0.335 e. The van der Waals surface area contributed by atoms with Gasteiger partial charge in [-0.1, -0.05) is 11.6 Å². The molecular weight excluding hydrogens is 310 g/mol. The molecule has 0 bridgehead atoms. The van der Waals surface area contributed by atoms with Crippen molar-refractivity contribution < 1.29 is 14.7 Å². The van der Waals surface area contributed by atoms with Crippen LogP contribution in [0, 0.1) is 0 Å². The zero-order valence-corrected chi connectivity index (χ0v) is 12.7. The van der Waals surface area contributed by atoms with Gasteiger partial charge >= 0.3 is 5.97 Å². The molecule has 6 heteroatoms. The molecule has 0 aliphatic rings. The van der Waals surface area contributed by atoms with E-state index in [1.165, 1.54) is 18.2 Å². The van der Waals surface area contributed by atoms with Crippen LogP contribution in [0.25, 0.3) is 0 Å². The second-order valence-corrected chi connectivity index (χ2v) is 5.47. The maximum atomic E-state index is 12.1. The van der Waals surface area contributed by atoms with Gasteiger partial charge in [0.15, 0.2) is 0 Å². The number of carboxylic acid groups (broad SMARTS) is 1. The number of anilines is 1. The molecule has 0 unspecified atom stereocenters. The van der Waals surface area contributed by atoms with E-state index in [-0.39, 0.29) is 16.5 Å². The van der Waals surface area contributed by atoms with E-state index in [2.05, 4.69) is 5.32 Å². The van der Waals surface area contributed by atoms with Gasteiger partial charge in [0.05, 0.1) is 16.3 Å². The molecule has 0 aromatic heterocycles. The molecule has 21 heavy (non-hydrogen) atoms. The lowest BCUT2D eigenvalue weighted by molar-refractivity contribution is 0.0696. The van der Waals surface area contributed by atoms with Crippen LogP contribution >= 0.6 is 23.4 Å². The van der Waals surface area contributed by atoms with Crippen molar-refractivity contribution >= 4 is 40.9 Å². The fourth-order valence-electron chi connectivity index (χ4n) is 1.69. The third kappa shape index (κ3) is 3.77. The molecule has 0 heterocycles. The smallest absolute Gasteiger partial charge is 0.335 e. The van der Waals surface area contributed by atoms with Crippen LogP contribution in [0.4, 0.5) is 5.69 Å². The van der Waals surface area contributed by atoms with Gasteiger partial charge in [-0.2, -0.15) is 0 Å². The summed E-state index contributed by atoms with van der Waals surface area (Å²) in [4.78, 5) is 24.0. The summed E-state index contributed by atoms with van der Waals surface area (Å²) >= 11 is 7.56. The number of amides is 1. The molecule has 0 radical (unpaired) electrons. The van der Waals surface area contributed by atoms with Crippen LogP contribution in [0.5, 0.6) is 0 Å². The number of benzene rings is 2. The quantitative estimate of drug-likeness (QED) is 0.835. The minimum atomic E-state index is -1.07. The summed E-state index contributed by atoms with van der Waals surface area (Å²) in [5.41, 5.74) is 0.953. The van der Waals surface area contributed by atoms with Crippen LogP contribution in [-0.2, 0) is 0 Å². The Morgan fingerprint density at radius 3 is 2.24 bits per heavy atom. The highest BCUT2D eigenvalue weighted by Gasteiger charge is 2.11. The summed E-state index contributed by atoms with van der Waals surface area (Å²) in [7, 11) is 0. The molecule has 0 atom stereocenters. The molecule has 108 valence electrons. The Labute approximate surface area is 131 Å². The second-order valence-electron chi connectivity index (χ2n) is 4.18. The van der Waals surface area contributed by atoms with Gasteiger partial charge in [0.2, 0.25) is 0 Å². The van der Waals surface area contributed by atoms with Crippen molar-refractivity contribution in [2.75, 3.05) is 11.6 Å². The summed E-state index contributed by atoms with van der Waals surface area (Å²) in [6, 6.07) is 11.3. The molecule has 2 N–H and O–H groups in total. The summed E-state index contributed by atoms with van der Waals surface area (Å²) in [6.07, 6.45) is 1.96. The Balaban J connectivity index is 2.17. The Morgan fingerprint density at radius 2 is 1.71 bits per heavy atom. The van der Waals surface area contributed by atoms with Crippen LogP contribution < -0.4 is 5.32 Å². The molecule has 1 amide bonds. The highest BCUT2D eigenvalue weighted by atomic mass is 35.5. The largest absolute Gasteiger partial charge is 0.478 e. The van der Waals surface area contributed by atoms with Crippen molar-refractivity contribution in [3.63, 3.8) is 0 Å². The third-order valence-corrected chi connectivity index (χ3v) is 3.87. The van der Waals surface area contributed by atoms with Gasteiger partial charge in [0.1, 0.15) is 0 Å². The lowest BCUT2D eigenvalue weighted by Gasteiger charge is -2.08. The highest BCUT2D eigenvalue weighted by Crippen LogP contribution is 2.24. The van der Waals surface area contributed by atoms with Gasteiger partial charge in [0, 0.05) is 10.5 Å². The van der Waals surface area contributed by atoms with Crippen LogP contribution in [-0.4, -0.2) is 23.2 Å². The number of halogens is 1. The van der Waals surface area contributed by atoms with Gasteiger partial charge in [-0.25, -0.2) is 4.79 Å². The van der Waals surface area contributed by atoms with Gasteiger partial charge in [0.25, 0.3) is 5.91 Å². The van der Waals surface area contributed by atoms with E-state index in [1.807, 2.05) is 18.4 Å². The molecule has 0 saturated carbocycles. The zero-order valence-electron chi connectivity index (χ0n) is 11.1. The number of nitrogens with one attached hydrogen (secondary N) is 1. The molecule has 4 nitrogen and oxygen atoms in total. The van der Waals surface area contributed by atoms with Crippen molar-refractivity contribution in [3.8, 4) is 0 Å². The number of hydrogen-bond donors (Lipinski definition) is 2. The van der Waals surface area contributed by atoms with E-state index >= 15 is 0 Å². The monoisotopic (exact) mass is 321 g/mol. The minimum Gasteiger partial charge on any atom is -0.478 e. The number of rotatable bonds is 4. The highest BCUT2D eigenvalue weighted by molar-refractivity contribution is 7.98. The average Bonchev–Trinajstić information content (AvgIpc) is 2.49. The number of carbonyl (C=O) groups excluding carboxylic acids is 1. The lowest BCUT2D eigenvalue weighted by atomic mass is 10.2. The van der Waals surface area contributed by atoms with Crippen molar-refractivity contribution in [1.82, 2.24) is 0 Å². The van der Waals surface area contributed by atoms with Crippen LogP contribution in [0.1, 0.15) is 20.7 Å². The first kappa shape index (κ1) is 15.4.